The molecule has 1 heterocycles. The molecule has 12 heavy (non-hydrogen) atoms. The maximum absolute atomic E-state index is 4.13. The van der Waals surface area contributed by atoms with Gasteiger partial charge in [0.15, 0.2) is 0 Å². The smallest absolute Gasteiger partial charge is 0.0272 e. The quantitative estimate of drug-likeness (QED) is 0.498. The van der Waals surface area contributed by atoms with Crippen LogP contribution in [0.4, 0.5) is 0 Å². The van der Waals surface area contributed by atoms with Crippen molar-refractivity contribution in [2.75, 3.05) is 13.6 Å². The van der Waals surface area contributed by atoms with E-state index in [1.54, 1.807) is 0 Å². The molecule has 0 aromatic carbocycles. The van der Waals surface area contributed by atoms with Crippen LogP contribution in [0.1, 0.15) is 32.6 Å². The van der Waals surface area contributed by atoms with E-state index < -0.39 is 0 Å². The maximum Gasteiger partial charge on any atom is 0.0272 e. The molecule has 0 radical (unpaired) electrons. The van der Waals surface area contributed by atoms with Gasteiger partial charge in [0.1, 0.15) is 0 Å². The van der Waals surface area contributed by atoms with Crippen molar-refractivity contribution in [2.45, 2.75) is 38.1 Å². The van der Waals surface area contributed by atoms with Gasteiger partial charge in [-0.05, 0) is 45.2 Å². The van der Waals surface area contributed by atoms with Crippen molar-refractivity contribution in [3.8, 4) is 0 Å². The van der Waals surface area contributed by atoms with Crippen LogP contribution in [0, 0.1) is 5.92 Å². The molecule has 1 spiro atoms. The molecule has 2 aliphatic rings. The van der Waals surface area contributed by atoms with Gasteiger partial charge in [-0.1, -0.05) is 19.1 Å². The number of nitrogens with zero attached hydrogens (tertiary/aromatic N) is 1. The van der Waals surface area contributed by atoms with Crippen molar-refractivity contribution in [2.24, 2.45) is 5.92 Å². The second-order valence-electron chi connectivity index (χ2n) is 4.66. The molecular formula is C11H19N. The lowest BCUT2D eigenvalue weighted by molar-refractivity contribution is 0.134. The van der Waals surface area contributed by atoms with Crippen LogP contribution in [-0.2, 0) is 0 Å². The average molecular weight is 165 g/mol. The van der Waals surface area contributed by atoms with Crippen molar-refractivity contribution in [1.29, 1.82) is 0 Å². The van der Waals surface area contributed by atoms with E-state index >= 15 is 0 Å². The van der Waals surface area contributed by atoms with E-state index in [2.05, 4.69) is 25.5 Å². The van der Waals surface area contributed by atoms with Crippen molar-refractivity contribution < 1.29 is 0 Å². The predicted octanol–water partition coefficient (Wildman–Crippen LogP) is 2.44. The summed E-state index contributed by atoms with van der Waals surface area (Å²) in [7, 11) is 2.28. The number of hydrogen-bond donors (Lipinski definition) is 0. The first-order valence-electron chi connectivity index (χ1n) is 5.03. The Morgan fingerprint density at radius 3 is 2.75 bits per heavy atom. The molecule has 1 aliphatic heterocycles. The van der Waals surface area contributed by atoms with Crippen molar-refractivity contribution in [1.82, 2.24) is 4.90 Å². The second kappa shape index (κ2) is 2.59. The third kappa shape index (κ3) is 0.957. The lowest BCUT2D eigenvalue weighted by Gasteiger charge is -2.36. The molecule has 2 rings (SSSR count). The minimum absolute atomic E-state index is 0.511. The Labute approximate surface area is 75.4 Å². The molecule has 0 aromatic rings. The van der Waals surface area contributed by atoms with E-state index in [4.69, 9.17) is 0 Å². The zero-order chi connectivity index (χ0) is 8.77. The summed E-state index contributed by atoms with van der Waals surface area (Å²) in [5.74, 6) is 0.831. The summed E-state index contributed by atoms with van der Waals surface area (Å²) in [6.45, 7) is 7.81. The zero-order valence-electron chi connectivity index (χ0n) is 8.27. The molecule has 1 saturated carbocycles. The van der Waals surface area contributed by atoms with Crippen LogP contribution in [-0.4, -0.2) is 24.0 Å². The van der Waals surface area contributed by atoms with Gasteiger partial charge in [0.05, 0.1) is 0 Å². The zero-order valence-corrected chi connectivity index (χ0v) is 8.27. The molecule has 2 unspecified atom stereocenters. The topological polar surface area (TPSA) is 3.24 Å². The van der Waals surface area contributed by atoms with Gasteiger partial charge < -0.3 is 4.90 Å². The summed E-state index contributed by atoms with van der Waals surface area (Å²) < 4.78 is 0. The Morgan fingerprint density at radius 1 is 1.58 bits per heavy atom. The van der Waals surface area contributed by atoms with E-state index in [1.165, 1.54) is 37.8 Å². The molecule has 0 aromatic heterocycles. The summed E-state index contributed by atoms with van der Waals surface area (Å²) >= 11 is 0. The summed E-state index contributed by atoms with van der Waals surface area (Å²) in [6, 6.07) is 0. The standard InChI is InChI=1S/C11H19N/c1-9-7-10(2)11(8-9)5-4-6-12(11)3/h10H,1,4-8H2,2-3H3. The van der Waals surface area contributed by atoms with E-state index in [9.17, 15) is 0 Å². The van der Waals surface area contributed by atoms with Crippen LogP contribution in [0.25, 0.3) is 0 Å². The van der Waals surface area contributed by atoms with Gasteiger partial charge in [0.2, 0.25) is 0 Å². The van der Waals surface area contributed by atoms with Gasteiger partial charge in [-0.2, -0.15) is 0 Å². The highest BCUT2D eigenvalue weighted by molar-refractivity contribution is 5.17. The largest absolute Gasteiger partial charge is 0.300 e. The SMILES string of the molecule is C=C1CC(C)C2(CCCN2C)C1. The van der Waals surface area contributed by atoms with E-state index in [-0.39, 0.29) is 0 Å². The Balaban J connectivity index is 2.24. The van der Waals surface area contributed by atoms with E-state index in [1.807, 2.05) is 0 Å². The minimum Gasteiger partial charge on any atom is -0.300 e. The summed E-state index contributed by atoms with van der Waals surface area (Å²) in [4.78, 5) is 2.57. The highest BCUT2D eigenvalue weighted by Crippen LogP contribution is 2.47. The van der Waals surface area contributed by atoms with Crippen molar-refractivity contribution in [3.05, 3.63) is 12.2 Å². The maximum atomic E-state index is 4.13. The minimum atomic E-state index is 0.511. The van der Waals surface area contributed by atoms with Gasteiger partial charge in [0, 0.05) is 5.54 Å². The van der Waals surface area contributed by atoms with Crippen LogP contribution < -0.4 is 0 Å². The monoisotopic (exact) mass is 165 g/mol. The van der Waals surface area contributed by atoms with Crippen LogP contribution in [0.2, 0.25) is 0 Å². The fraction of sp³-hybridized carbons (Fsp3) is 0.818. The number of likely N-dealkylation sites (tertiary alicyclic amines) is 1. The molecule has 0 N–H and O–H groups in total. The number of rotatable bonds is 0. The number of hydrogen-bond acceptors (Lipinski definition) is 1. The highest BCUT2D eigenvalue weighted by atomic mass is 15.2. The first-order chi connectivity index (χ1) is 5.65. The van der Waals surface area contributed by atoms with Gasteiger partial charge in [-0.3, -0.25) is 0 Å². The Hall–Kier alpha value is -0.300. The molecule has 1 nitrogen and oxygen atoms in total. The Kier molecular flexibility index (Phi) is 1.80. The van der Waals surface area contributed by atoms with E-state index in [0.29, 0.717) is 5.54 Å². The molecule has 1 heteroatoms. The lowest BCUT2D eigenvalue weighted by atomic mass is 9.86. The third-order valence-corrected chi connectivity index (χ3v) is 3.93. The molecule has 0 bridgehead atoms. The first kappa shape index (κ1) is 8.31. The van der Waals surface area contributed by atoms with Crippen LogP contribution in [0.3, 0.4) is 0 Å². The van der Waals surface area contributed by atoms with Crippen LogP contribution in [0.15, 0.2) is 12.2 Å². The summed E-state index contributed by atoms with van der Waals surface area (Å²) in [5.41, 5.74) is 1.98. The van der Waals surface area contributed by atoms with Crippen molar-refractivity contribution >= 4 is 0 Å². The average Bonchev–Trinajstić information content (AvgIpc) is 2.44. The Bertz CT molecular complexity index is 209. The van der Waals surface area contributed by atoms with Crippen LogP contribution in [0.5, 0.6) is 0 Å². The molecule has 1 saturated heterocycles. The second-order valence-corrected chi connectivity index (χ2v) is 4.66. The van der Waals surface area contributed by atoms with E-state index in [0.717, 1.165) is 5.92 Å². The van der Waals surface area contributed by atoms with Gasteiger partial charge in [-0.25, -0.2) is 0 Å². The fourth-order valence-corrected chi connectivity index (χ4v) is 3.18. The van der Waals surface area contributed by atoms with Crippen molar-refractivity contribution in [3.63, 3.8) is 0 Å². The molecular weight excluding hydrogens is 146 g/mol. The van der Waals surface area contributed by atoms with Gasteiger partial charge in [0.25, 0.3) is 0 Å². The highest BCUT2D eigenvalue weighted by Gasteiger charge is 2.47. The van der Waals surface area contributed by atoms with Gasteiger partial charge in [-0.15, -0.1) is 0 Å². The molecule has 1 aliphatic carbocycles. The summed E-state index contributed by atoms with van der Waals surface area (Å²) in [6.07, 6.45) is 5.28. The van der Waals surface area contributed by atoms with Gasteiger partial charge >= 0.3 is 0 Å². The summed E-state index contributed by atoms with van der Waals surface area (Å²) in [5, 5.41) is 0. The first-order valence-corrected chi connectivity index (χ1v) is 5.03. The Morgan fingerprint density at radius 2 is 2.33 bits per heavy atom. The lowest BCUT2D eigenvalue weighted by Crippen LogP contribution is -2.43. The molecule has 2 fully saturated rings. The molecule has 0 amide bonds. The van der Waals surface area contributed by atoms with Crippen LogP contribution >= 0.6 is 0 Å². The predicted molar refractivity (Wildman–Crippen MR) is 52.1 cm³/mol. The molecule has 2 atom stereocenters. The fourth-order valence-electron chi connectivity index (χ4n) is 3.18. The molecule has 68 valence electrons. The third-order valence-electron chi connectivity index (χ3n) is 3.93. The normalized spacial score (nSPS) is 43.2.